The first-order chi connectivity index (χ1) is 3.73. The monoisotopic (exact) mass is 220 g/mol. The second-order valence-electron chi connectivity index (χ2n) is 0.766. The quantitative estimate of drug-likeness (QED) is 0.398. The van der Waals surface area contributed by atoms with Gasteiger partial charge in [-0.15, -0.1) is 0 Å². The van der Waals surface area contributed by atoms with E-state index >= 15 is 0 Å². The molecule has 10 heteroatoms. The molecule has 1 N–H and O–H groups in total. The molecule has 7 nitrogen and oxygen atoms in total. The van der Waals surface area contributed by atoms with Crippen LogP contribution in [-0.4, -0.2) is 75.4 Å². The van der Waals surface area contributed by atoms with Crippen molar-refractivity contribution in [2.24, 2.45) is 0 Å². The summed E-state index contributed by atoms with van der Waals surface area (Å²) < 4.78 is 0. The predicted molar refractivity (Wildman–Crippen MR) is 25.3 cm³/mol. The third kappa shape index (κ3) is 738. The van der Waals surface area contributed by atoms with Crippen molar-refractivity contribution in [3.8, 4) is 0 Å². The molecule has 0 unspecified atom stereocenters. The molecule has 0 aliphatic heterocycles. The molecule has 11 heavy (non-hydrogen) atoms. The summed E-state index contributed by atoms with van der Waals surface area (Å²) in [5.74, 6) is 0. The van der Waals surface area contributed by atoms with Crippen LogP contribution in [0.3, 0.4) is 0 Å². The minimum absolute atomic E-state index is 0. The van der Waals surface area contributed by atoms with Crippen LogP contribution in [-0.2, 0) is 0 Å². The minimum Gasteiger partial charge on any atom is -0.894 e. The molecule has 0 aliphatic carbocycles. The van der Waals surface area contributed by atoms with Crippen LogP contribution in [0.15, 0.2) is 0 Å². The van der Waals surface area contributed by atoms with Gasteiger partial charge in [0.15, 0.2) is 0 Å². The van der Waals surface area contributed by atoms with Crippen molar-refractivity contribution in [3.05, 3.63) is 0 Å². The van der Waals surface area contributed by atoms with Gasteiger partial charge in [-0.1, -0.05) is 0 Å². The first kappa shape index (κ1) is 22.7. The van der Waals surface area contributed by atoms with E-state index in [1.54, 1.807) is 0 Å². The fourth-order valence-corrected chi connectivity index (χ4v) is 0. The molecule has 0 rings (SSSR count). The summed E-state index contributed by atoms with van der Waals surface area (Å²) in [4.78, 5) is 42.8. The van der Waals surface area contributed by atoms with E-state index < -0.39 is 15.2 Å². The first-order valence-corrected chi connectivity index (χ1v) is 3.08. The maximum absolute atomic E-state index is 8.58. The topological polar surface area (TPSA) is 153 Å². The van der Waals surface area contributed by atoms with Gasteiger partial charge < -0.3 is 43.2 Å². The van der Waals surface area contributed by atoms with Crippen molar-refractivity contribution in [2.45, 2.75) is 0 Å². The fourth-order valence-electron chi connectivity index (χ4n) is 0. The molecule has 0 aliphatic rings. The van der Waals surface area contributed by atoms with E-state index in [1.807, 2.05) is 0 Å². The van der Waals surface area contributed by atoms with E-state index in [1.165, 1.54) is 0 Å². The third-order valence-electron chi connectivity index (χ3n) is 0. The van der Waals surface area contributed by atoms with Crippen molar-refractivity contribution in [3.63, 3.8) is 0 Å². The summed E-state index contributed by atoms with van der Waals surface area (Å²) >= 11 is 0. The number of rotatable bonds is 0. The zero-order valence-electron chi connectivity index (χ0n) is 5.18. The van der Waals surface area contributed by atoms with Gasteiger partial charge in [-0.2, -0.15) is 0 Å². The standard InChI is InChI=1S/CH2O3.Al.Ca.O4Si/c2-1(3)4;;;1-5(2,3)4/h(H2,2,3,4);;;/q;+3;+2;-4/p-1. The van der Waals surface area contributed by atoms with E-state index in [0.29, 0.717) is 0 Å². The van der Waals surface area contributed by atoms with E-state index in [9.17, 15) is 0 Å². The van der Waals surface area contributed by atoms with Gasteiger partial charge in [-0.05, 0) is 0 Å². The summed E-state index contributed by atoms with van der Waals surface area (Å²) in [6.07, 6.45) is -2.08. The number of carboxylic acid groups (broad SMARTS) is 2. The summed E-state index contributed by atoms with van der Waals surface area (Å²) in [6.45, 7) is 0. The van der Waals surface area contributed by atoms with Gasteiger partial charge in [-0.3, -0.25) is 0 Å². The first-order valence-electron chi connectivity index (χ1n) is 1.45. The molecule has 0 saturated heterocycles. The van der Waals surface area contributed by atoms with E-state index in [2.05, 4.69) is 0 Å². The van der Waals surface area contributed by atoms with Crippen LogP contribution in [0.4, 0.5) is 4.79 Å². The van der Waals surface area contributed by atoms with E-state index in [4.69, 9.17) is 34.2 Å². The molecular formula is CHAlCaO7Si. The average molecular weight is 220 g/mol. The summed E-state index contributed by atoms with van der Waals surface area (Å²) in [5, 5.41) is 15.3. The molecule has 56 valence electrons. The summed E-state index contributed by atoms with van der Waals surface area (Å²) in [6, 6.07) is 0. The largest absolute Gasteiger partial charge is 3.00 e. The summed E-state index contributed by atoms with van der Waals surface area (Å²) in [5.41, 5.74) is 0. The number of hydrogen-bond donors (Lipinski definition) is 1. The van der Waals surface area contributed by atoms with Gasteiger partial charge in [0, 0.05) is 0 Å². The molecule has 0 atom stereocenters. The SMILES string of the molecule is O=C([O-])O.[Al+3].[Ca+2].[O-][Si]([O-])([O-])[O-]. The van der Waals surface area contributed by atoms with Crippen LogP contribution in [0.1, 0.15) is 0 Å². The second kappa shape index (κ2) is 11.1. The van der Waals surface area contributed by atoms with E-state index in [-0.39, 0.29) is 55.1 Å². The third-order valence-corrected chi connectivity index (χ3v) is 0. The maximum Gasteiger partial charge on any atom is 3.00 e. The van der Waals surface area contributed by atoms with Gasteiger partial charge in [0.05, 0.1) is 0 Å². The van der Waals surface area contributed by atoms with Gasteiger partial charge >= 0.3 is 55.1 Å². The zero-order valence-corrected chi connectivity index (χ0v) is 9.54. The van der Waals surface area contributed by atoms with Gasteiger partial charge in [0.25, 0.3) is 0 Å². The van der Waals surface area contributed by atoms with Gasteiger partial charge in [0.2, 0.25) is 6.16 Å². The Bertz CT molecular complexity index is 80.9. The van der Waals surface area contributed by atoms with Crippen molar-refractivity contribution in [1.29, 1.82) is 0 Å². The van der Waals surface area contributed by atoms with Gasteiger partial charge in [0.1, 0.15) is 0 Å². The van der Waals surface area contributed by atoms with Crippen LogP contribution < -0.4 is 24.3 Å². The maximum atomic E-state index is 8.58. The van der Waals surface area contributed by atoms with Crippen LogP contribution in [0, 0.1) is 0 Å². The van der Waals surface area contributed by atoms with Crippen LogP contribution in [0.5, 0.6) is 0 Å². The van der Waals surface area contributed by atoms with E-state index in [0.717, 1.165) is 0 Å². The molecule has 0 aromatic heterocycles. The van der Waals surface area contributed by atoms with Crippen LogP contribution in [0.2, 0.25) is 0 Å². The van der Waals surface area contributed by atoms with Crippen molar-refractivity contribution < 1.29 is 34.2 Å². The molecule has 0 bridgehead atoms. The van der Waals surface area contributed by atoms with Gasteiger partial charge in [-0.25, -0.2) is 0 Å². The number of carbonyl (C=O) groups is 1. The predicted octanol–water partition coefficient (Wildman–Crippen LogP) is -7.01. The molecule has 0 saturated carbocycles. The Labute approximate surface area is 104 Å². The minimum atomic E-state index is -5.61. The Morgan fingerprint density at radius 1 is 1.18 bits per heavy atom. The fraction of sp³-hybridized carbons (Fsp3) is 0. The Morgan fingerprint density at radius 3 is 1.18 bits per heavy atom. The molecule has 0 radical (unpaired) electrons. The second-order valence-corrected chi connectivity index (χ2v) is 1.77. The molecule has 0 amide bonds. The average Bonchev–Trinajstić information content (AvgIpc) is 1.19. The molecule has 0 fully saturated rings. The molecule has 0 heterocycles. The summed E-state index contributed by atoms with van der Waals surface area (Å²) in [7, 11) is -5.61. The van der Waals surface area contributed by atoms with Crippen LogP contribution >= 0.6 is 0 Å². The van der Waals surface area contributed by atoms with Crippen LogP contribution in [0.25, 0.3) is 0 Å². The zero-order chi connectivity index (χ0) is 8.08. The Balaban J connectivity index is -0.0000000383. The molecule has 0 aromatic carbocycles. The van der Waals surface area contributed by atoms with Crippen molar-refractivity contribution in [2.75, 3.05) is 0 Å². The Kier molecular flexibility index (Phi) is 23.0. The molecule has 0 spiro atoms. The Hall–Kier alpha value is 1.12. The normalized spacial score (nSPS) is 7.64. The molecule has 0 aromatic rings. The molecular weight excluding hydrogens is 219 g/mol. The van der Waals surface area contributed by atoms with Crippen molar-refractivity contribution >= 4 is 70.3 Å². The van der Waals surface area contributed by atoms with Crippen molar-refractivity contribution in [1.82, 2.24) is 0 Å². The Morgan fingerprint density at radius 2 is 1.18 bits per heavy atom. The number of hydrogen-bond acceptors (Lipinski definition) is 6. The smallest absolute Gasteiger partial charge is 0.894 e.